The first-order valence-electron chi connectivity index (χ1n) is 6.13. The highest BCUT2D eigenvalue weighted by atomic mass is 19.4. The van der Waals surface area contributed by atoms with Crippen LogP contribution in [0, 0.1) is 5.82 Å². The maximum atomic E-state index is 14.1. The summed E-state index contributed by atoms with van der Waals surface area (Å²) in [6.45, 7) is 0.675. The third kappa shape index (κ3) is 3.23. The molecule has 1 fully saturated rings. The lowest BCUT2D eigenvalue weighted by Crippen LogP contribution is -2.37. The Morgan fingerprint density at radius 2 is 1.95 bits per heavy atom. The summed E-state index contributed by atoms with van der Waals surface area (Å²) in [7, 11) is 0. The molecule has 0 aromatic heterocycles. The molecule has 1 aromatic rings. The van der Waals surface area contributed by atoms with E-state index in [9.17, 15) is 22.0 Å². The molecule has 1 aliphatic heterocycles. The first-order valence-corrected chi connectivity index (χ1v) is 6.13. The smallest absolute Gasteiger partial charge is 0.311 e. The molecule has 0 bridgehead atoms. The molecule has 1 aromatic carbocycles. The van der Waals surface area contributed by atoms with E-state index in [0.717, 1.165) is 18.9 Å². The second-order valence-corrected chi connectivity index (χ2v) is 4.70. The lowest BCUT2D eigenvalue weighted by molar-refractivity contribution is -0.140. The van der Waals surface area contributed by atoms with E-state index in [-0.39, 0.29) is 5.56 Å². The molecule has 1 heterocycles. The summed E-state index contributed by atoms with van der Waals surface area (Å²) in [5, 5.41) is 2.96. The number of alkyl halides is 4. The van der Waals surface area contributed by atoms with Gasteiger partial charge in [0.05, 0.1) is 5.56 Å². The average molecular weight is 279 g/mol. The molecule has 106 valence electrons. The molecule has 6 heteroatoms. The van der Waals surface area contributed by atoms with Gasteiger partial charge in [-0.1, -0.05) is 12.5 Å². The lowest BCUT2D eigenvalue weighted by Gasteiger charge is -2.27. The van der Waals surface area contributed by atoms with Gasteiger partial charge in [-0.25, -0.2) is 8.78 Å². The van der Waals surface area contributed by atoms with Crippen LogP contribution in [0.3, 0.4) is 0 Å². The van der Waals surface area contributed by atoms with Gasteiger partial charge in [-0.2, -0.15) is 13.2 Å². The Hall–Kier alpha value is -1.17. The zero-order valence-electron chi connectivity index (χ0n) is 10.1. The van der Waals surface area contributed by atoms with Crippen LogP contribution >= 0.6 is 0 Å². The standard InChI is InChI=1S/C13H14F5N/c14-10-7-8(4-5-9(10)13(16,17)18)12(15)11-3-1-2-6-19-11/h4-5,7,11-12,19H,1-3,6H2. The molecule has 2 rings (SSSR count). The summed E-state index contributed by atoms with van der Waals surface area (Å²) >= 11 is 0. The van der Waals surface area contributed by atoms with Crippen molar-refractivity contribution in [3.8, 4) is 0 Å². The molecule has 0 spiro atoms. The molecule has 0 radical (unpaired) electrons. The van der Waals surface area contributed by atoms with Gasteiger partial charge in [0.2, 0.25) is 0 Å². The fraction of sp³-hybridized carbons (Fsp3) is 0.538. The van der Waals surface area contributed by atoms with E-state index in [4.69, 9.17) is 0 Å². The number of rotatable bonds is 2. The number of hydrogen-bond acceptors (Lipinski definition) is 1. The van der Waals surface area contributed by atoms with Crippen LogP contribution in [0.2, 0.25) is 0 Å². The third-order valence-electron chi connectivity index (χ3n) is 3.32. The van der Waals surface area contributed by atoms with E-state index in [1.165, 1.54) is 0 Å². The number of nitrogens with one attached hydrogen (secondary N) is 1. The van der Waals surface area contributed by atoms with Crippen molar-refractivity contribution in [1.82, 2.24) is 5.32 Å². The van der Waals surface area contributed by atoms with Crippen molar-refractivity contribution in [3.63, 3.8) is 0 Å². The van der Waals surface area contributed by atoms with Crippen molar-refractivity contribution in [2.45, 2.75) is 37.7 Å². The zero-order chi connectivity index (χ0) is 14.0. The third-order valence-corrected chi connectivity index (χ3v) is 3.32. The Morgan fingerprint density at radius 3 is 2.47 bits per heavy atom. The van der Waals surface area contributed by atoms with Gasteiger partial charge in [0.15, 0.2) is 0 Å². The van der Waals surface area contributed by atoms with Gasteiger partial charge in [0, 0.05) is 6.04 Å². The van der Waals surface area contributed by atoms with Crippen LogP contribution in [0.1, 0.15) is 36.6 Å². The highest BCUT2D eigenvalue weighted by Crippen LogP contribution is 2.34. The van der Waals surface area contributed by atoms with Crippen LogP contribution in [0.5, 0.6) is 0 Å². The maximum Gasteiger partial charge on any atom is 0.419 e. The van der Waals surface area contributed by atoms with Crippen molar-refractivity contribution in [2.24, 2.45) is 0 Å². The van der Waals surface area contributed by atoms with E-state index in [1.54, 1.807) is 0 Å². The molecule has 0 aliphatic carbocycles. The van der Waals surface area contributed by atoms with Gasteiger partial charge in [0.1, 0.15) is 12.0 Å². The normalized spacial score (nSPS) is 22.3. The monoisotopic (exact) mass is 279 g/mol. The Labute approximate surface area is 107 Å². The Morgan fingerprint density at radius 1 is 1.21 bits per heavy atom. The fourth-order valence-corrected chi connectivity index (χ4v) is 2.29. The van der Waals surface area contributed by atoms with E-state index in [2.05, 4.69) is 5.32 Å². The number of benzene rings is 1. The van der Waals surface area contributed by atoms with Crippen LogP contribution in [0.15, 0.2) is 18.2 Å². The van der Waals surface area contributed by atoms with Crippen molar-refractivity contribution in [2.75, 3.05) is 6.54 Å². The summed E-state index contributed by atoms with van der Waals surface area (Å²) in [6, 6.07) is 1.79. The lowest BCUT2D eigenvalue weighted by atomic mass is 9.95. The fourth-order valence-electron chi connectivity index (χ4n) is 2.29. The van der Waals surface area contributed by atoms with Gasteiger partial charge in [-0.15, -0.1) is 0 Å². The highest BCUT2D eigenvalue weighted by Gasteiger charge is 2.35. The Balaban J connectivity index is 2.19. The van der Waals surface area contributed by atoms with Crippen LogP contribution in [0.4, 0.5) is 22.0 Å². The number of piperidine rings is 1. The van der Waals surface area contributed by atoms with Crippen molar-refractivity contribution in [1.29, 1.82) is 0 Å². The summed E-state index contributed by atoms with van der Waals surface area (Å²) in [5.74, 6) is -1.43. The predicted octanol–water partition coefficient (Wildman–Crippen LogP) is 4.00. The molecular formula is C13H14F5N. The highest BCUT2D eigenvalue weighted by molar-refractivity contribution is 5.28. The molecule has 2 atom stereocenters. The molecule has 1 aliphatic rings. The van der Waals surface area contributed by atoms with Gasteiger partial charge in [-0.05, 0) is 37.1 Å². The minimum atomic E-state index is -4.75. The van der Waals surface area contributed by atoms with E-state index in [0.29, 0.717) is 25.1 Å². The Bertz CT molecular complexity index is 437. The summed E-state index contributed by atoms with van der Waals surface area (Å²) in [6.07, 6.45) is -3.83. The van der Waals surface area contributed by atoms with E-state index in [1.807, 2.05) is 0 Å². The summed E-state index contributed by atoms with van der Waals surface area (Å²) in [5.41, 5.74) is -1.41. The molecular weight excluding hydrogens is 265 g/mol. The minimum absolute atomic E-state index is 0.0510. The first-order chi connectivity index (χ1) is 8.89. The first kappa shape index (κ1) is 14.2. The van der Waals surface area contributed by atoms with Crippen LogP contribution in [-0.4, -0.2) is 12.6 Å². The van der Waals surface area contributed by atoms with Crippen LogP contribution in [0.25, 0.3) is 0 Å². The molecule has 19 heavy (non-hydrogen) atoms. The SMILES string of the molecule is Fc1cc(C(F)C2CCCCN2)ccc1C(F)(F)F. The molecule has 0 saturated carbocycles. The molecule has 1 nitrogen and oxygen atoms in total. The minimum Gasteiger partial charge on any atom is -0.311 e. The second kappa shape index (κ2) is 5.45. The molecule has 2 unspecified atom stereocenters. The largest absolute Gasteiger partial charge is 0.419 e. The van der Waals surface area contributed by atoms with Crippen LogP contribution < -0.4 is 5.32 Å². The van der Waals surface area contributed by atoms with E-state index < -0.39 is 29.8 Å². The summed E-state index contributed by atoms with van der Waals surface area (Å²) in [4.78, 5) is 0. The van der Waals surface area contributed by atoms with Crippen molar-refractivity contribution < 1.29 is 22.0 Å². The molecule has 1 N–H and O–H groups in total. The van der Waals surface area contributed by atoms with Crippen molar-refractivity contribution >= 4 is 0 Å². The maximum absolute atomic E-state index is 14.1. The second-order valence-electron chi connectivity index (χ2n) is 4.70. The van der Waals surface area contributed by atoms with Gasteiger partial charge in [-0.3, -0.25) is 0 Å². The molecule has 0 amide bonds. The van der Waals surface area contributed by atoms with Crippen molar-refractivity contribution in [3.05, 3.63) is 35.1 Å². The summed E-state index contributed by atoms with van der Waals surface area (Å²) < 4.78 is 64.7. The van der Waals surface area contributed by atoms with Gasteiger partial charge < -0.3 is 5.32 Å². The topological polar surface area (TPSA) is 12.0 Å². The number of hydrogen-bond donors (Lipinski definition) is 1. The van der Waals surface area contributed by atoms with Crippen LogP contribution in [-0.2, 0) is 6.18 Å². The predicted molar refractivity (Wildman–Crippen MR) is 60.9 cm³/mol. The van der Waals surface area contributed by atoms with E-state index >= 15 is 0 Å². The van der Waals surface area contributed by atoms with Gasteiger partial charge >= 0.3 is 6.18 Å². The number of halogens is 5. The quantitative estimate of drug-likeness (QED) is 0.807. The average Bonchev–Trinajstić information content (AvgIpc) is 2.37. The Kier molecular flexibility index (Phi) is 4.08. The molecule has 1 saturated heterocycles. The van der Waals surface area contributed by atoms with Gasteiger partial charge in [0.25, 0.3) is 0 Å². The zero-order valence-corrected chi connectivity index (χ0v) is 10.1.